The van der Waals surface area contributed by atoms with Crippen molar-refractivity contribution in [2.45, 2.75) is 17.0 Å². The number of carbonyl (C=O) groups is 1. The summed E-state index contributed by atoms with van der Waals surface area (Å²) in [6.07, 6.45) is -0.604. The quantitative estimate of drug-likeness (QED) is 0.702. The van der Waals surface area contributed by atoms with Crippen LogP contribution in [-0.4, -0.2) is 30.2 Å². The molecular weight excluding hydrogens is 440 g/mol. The smallest absolute Gasteiger partial charge is 0.292 e. The third kappa shape index (κ3) is 3.74. The monoisotopic (exact) mass is 450 g/mol. The number of hydrogen-bond donors (Lipinski definition) is 0. The number of allylic oxidation sites excluding steroid dienone is 4. The molecule has 0 saturated heterocycles. The third-order valence-corrected chi connectivity index (χ3v) is 5.94. The Morgan fingerprint density at radius 1 is 1.14 bits per heavy atom. The van der Waals surface area contributed by atoms with Crippen LogP contribution in [0.1, 0.15) is 17.2 Å². The molecule has 2 aromatic rings. The summed E-state index contributed by atoms with van der Waals surface area (Å²) in [5, 5.41) is 3.58. The molecule has 0 N–H and O–H groups in total. The van der Waals surface area contributed by atoms with E-state index < -0.39 is 38.3 Å². The highest BCUT2D eigenvalue weighted by atomic mass is 35.5. The lowest BCUT2D eigenvalue weighted by Crippen LogP contribution is -2.17. The largest absolute Gasteiger partial charge is 0.434 e. The first-order valence-electron chi connectivity index (χ1n) is 7.64. The lowest BCUT2D eigenvalue weighted by molar-refractivity contribution is -0.145. The van der Waals surface area contributed by atoms with Crippen molar-refractivity contribution in [3.63, 3.8) is 0 Å². The average Bonchev–Trinajstić information content (AvgIpc) is 3.06. The Kier molecular flexibility index (Phi) is 5.20. The lowest BCUT2D eigenvalue weighted by atomic mass is 9.91. The number of carbonyl (C=O) groups excluding carboxylic acids is 1. The van der Waals surface area contributed by atoms with Gasteiger partial charge >= 0.3 is 6.18 Å². The van der Waals surface area contributed by atoms with E-state index in [4.69, 9.17) is 23.2 Å². The summed E-state index contributed by atoms with van der Waals surface area (Å²) >= 11 is 11.6. The Balaban J connectivity index is 2.03. The van der Waals surface area contributed by atoms with E-state index in [0.717, 1.165) is 0 Å². The summed E-state index contributed by atoms with van der Waals surface area (Å²) in [6, 6.07) is 5.48. The van der Waals surface area contributed by atoms with Crippen molar-refractivity contribution < 1.29 is 26.4 Å². The minimum Gasteiger partial charge on any atom is -0.292 e. The molecule has 0 aliphatic heterocycles. The molecule has 1 aromatic carbocycles. The summed E-state index contributed by atoms with van der Waals surface area (Å²) in [5.41, 5.74) is -0.927. The maximum atomic E-state index is 13.4. The van der Waals surface area contributed by atoms with Crippen LogP contribution in [0.15, 0.2) is 57.6 Å². The van der Waals surface area contributed by atoms with Gasteiger partial charge in [-0.2, -0.15) is 18.3 Å². The summed E-state index contributed by atoms with van der Waals surface area (Å²) < 4.78 is 64.2. The highest BCUT2D eigenvalue weighted by Crippen LogP contribution is 2.36. The molecule has 1 aliphatic rings. The Morgan fingerprint density at radius 2 is 1.75 bits per heavy atom. The Hall–Kier alpha value is -2.10. The summed E-state index contributed by atoms with van der Waals surface area (Å²) in [7, 11) is -4.14. The van der Waals surface area contributed by atoms with Gasteiger partial charge in [-0.3, -0.25) is 4.79 Å². The second-order valence-corrected chi connectivity index (χ2v) is 8.76. The van der Waals surface area contributed by atoms with Crippen LogP contribution in [0.25, 0.3) is 5.69 Å². The number of aromatic nitrogens is 2. The lowest BCUT2D eigenvalue weighted by Gasteiger charge is -2.17. The van der Waals surface area contributed by atoms with Crippen molar-refractivity contribution >= 4 is 38.8 Å². The Labute approximate surface area is 168 Å². The minimum absolute atomic E-state index is 0.0158. The average molecular weight is 451 g/mol. The maximum Gasteiger partial charge on any atom is 0.434 e. The fourth-order valence-corrected chi connectivity index (χ4v) is 3.88. The zero-order chi connectivity index (χ0) is 20.9. The van der Waals surface area contributed by atoms with Gasteiger partial charge in [0.15, 0.2) is 21.3 Å². The molecule has 0 saturated carbocycles. The zero-order valence-corrected chi connectivity index (χ0v) is 16.4. The van der Waals surface area contributed by atoms with Crippen LogP contribution < -0.4 is 0 Å². The fraction of sp³-hybridized carbons (Fsp3) is 0.176. The standard InChI is InChI=1S/C17H11Cl2F3N2O3S/c1-28(26,27)13-8-23-24(16(13)17(20,21)22)10-4-2-9(3-5-10)11-6-7-12(18)14(19)15(11)25/h2-8,11H,1H3. The molecule has 0 radical (unpaired) electrons. The SMILES string of the molecule is CS(=O)(=O)c1cnn(-c2ccc(C3C=CC(Cl)=C(Cl)C3=O)cc2)c1C(F)(F)F. The van der Waals surface area contributed by atoms with Crippen LogP contribution in [0.5, 0.6) is 0 Å². The first kappa shape index (κ1) is 20.6. The molecule has 1 atom stereocenters. The second kappa shape index (κ2) is 7.06. The molecular formula is C17H11Cl2F3N2O3S. The first-order chi connectivity index (χ1) is 12.9. The van der Waals surface area contributed by atoms with Crippen LogP contribution in [0, 0.1) is 0 Å². The van der Waals surface area contributed by atoms with E-state index in [2.05, 4.69) is 5.10 Å². The van der Waals surface area contributed by atoms with Gasteiger partial charge in [0.25, 0.3) is 0 Å². The van der Waals surface area contributed by atoms with Crippen molar-refractivity contribution in [3.8, 4) is 5.69 Å². The fourth-order valence-electron chi connectivity index (χ4n) is 2.74. The van der Waals surface area contributed by atoms with E-state index in [0.29, 0.717) is 22.7 Å². The molecule has 3 rings (SSSR count). The topological polar surface area (TPSA) is 69.0 Å². The van der Waals surface area contributed by atoms with E-state index in [1.807, 2.05) is 0 Å². The number of nitrogens with zero attached hydrogens (tertiary/aromatic N) is 2. The molecule has 0 bridgehead atoms. The van der Waals surface area contributed by atoms with E-state index in [9.17, 15) is 26.4 Å². The predicted molar refractivity (Wildman–Crippen MR) is 97.3 cm³/mol. The number of alkyl halides is 3. The Bertz CT molecular complexity index is 1120. The normalized spacial score (nSPS) is 18.1. The number of benzene rings is 1. The van der Waals surface area contributed by atoms with Gasteiger partial charge in [0, 0.05) is 6.26 Å². The number of sulfone groups is 1. The van der Waals surface area contributed by atoms with E-state index in [-0.39, 0.29) is 15.8 Å². The molecule has 148 valence electrons. The highest BCUT2D eigenvalue weighted by Gasteiger charge is 2.41. The second-order valence-electron chi connectivity index (χ2n) is 5.99. The third-order valence-electron chi connectivity index (χ3n) is 4.04. The predicted octanol–water partition coefficient (Wildman–Crippen LogP) is 4.21. The number of halogens is 5. The maximum absolute atomic E-state index is 13.4. The zero-order valence-electron chi connectivity index (χ0n) is 14.0. The van der Waals surface area contributed by atoms with Crippen molar-refractivity contribution in [1.29, 1.82) is 0 Å². The van der Waals surface area contributed by atoms with E-state index in [1.165, 1.54) is 36.4 Å². The Morgan fingerprint density at radius 3 is 2.29 bits per heavy atom. The highest BCUT2D eigenvalue weighted by molar-refractivity contribution is 7.90. The van der Waals surface area contributed by atoms with Crippen LogP contribution in [0.3, 0.4) is 0 Å². The molecule has 5 nitrogen and oxygen atoms in total. The summed E-state index contributed by atoms with van der Waals surface area (Å²) in [4.78, 5) is 11.3. The van der Waals surface area contributed by atoms with Crippen LogP contribution >= 0.6 is 23.2 Å². The molecule has 1 aliphatic carbocycles. The molecule has 1 unspecified atom stereocenters. The van der Waals surface area contributed by atoms with Crippen molar-refractivity contribution in [3.05, 3.63) is 63.9 Å². The molecule has 0 spiro atoms. The molecule has 28 heavy (non-hydrogen) atoms. The minimum atomic E-state index is -4.94. The van der Waals surface area contributed by atoms with Crippen LogP contribution in [0.2, 0.25) is 0 Å². The van der Waals surface area contributed by atoms with Crippen molar-refractivity contribution in [2.24, 2.45) is 0 Å². The summed E-state index contributed by atoms with van der Waals surface area (Å²) in [6.45, 7) is 0. The number of ketones is 1. The van der Waals surface area contributed by atoms with Crippen molar-refractivity contribution in [1.82, 2.24) is 9.78 Å². The number of hydrogen-bond acceptors (Lipinski definition) is 4. The molecule has 0 fully saturated rings. The number of Topliss-reactive ketones (excluding diaryl/α,β-unsaturated/α-hetero) is 1. The first-order valence-corrected chi connectivity index (χ1v) is 10.3. The number of rotatable bonds is 3. The van der Waals surface area contributed by atoms with E-state index in [1.54, 1.807) is 0 Å². The van der Waals surface area contributed by atoms with Gasteiger partial charge in [-0.15, -0.1) is 0 Å². The van der Waals surface area contributed by atoms with Gasteiger partial charge in [-0.25, -0.2) is 13.1 Å². The molecule has 1 aromatic heterocycles. The van der Waals surface area contributed by atoms with Gasteiger partial charge in [0.2, 0.25) is 0 Å². The molecule has 11 heteroatoms. The van der Waals surface area contributed by atoms with Crippen LogP contribution in [0.4, 0.5) is 13.2 Å². The summed E-state index contributed by atoms with van der Waals surface area (Å²) in [5.74, 6) is -1.16. The van der Waals surface area contributed by atoms with Crippen molar-refractivity contribution in [2.75, 3.05) is 6.26 Å². The van der Waals surface area contributed by atoms with Gasteiger partial charge in [0.05, 0.1) is 22.8 Å². The molecule has 0 amide bonds. The van der Waals surface area contributed by atoms with E-state index >= 15 is 0 Å². The van der Waals surface area contributed by atoms with Gasteiger partial charge in [-0.05, 0) is 23.8 Å². The van der Waals surface area contributed by atoms with Gasteiger partial charge < -0.3 is 0 Å². The van der Waals surface area contributed by atoms with Gasteiger partial charge in [-0.1, -0.05) is 41.4 Å². The van der Waals surface area contributed by atoms with Crippen LogP contribution in [-0.2, 0) is 20.8 Å². The molecule has 1 heterocycles. The van der Waals surface area contributed by atoms with Gasteiger partial charge in [0.1, 0.15) is 9.93 Å².